The lowest BCUT2D eigenvalue weighted by Crippen LogP contribution is -2.49. The normalized spacial score (nSPS) is 19.4. The van der Waals surface area contributed by atoms with Crippen molar-refractivity contribution in [1.82, 2.24) is 15.4 Å². The first-order valence-electron chi connectivity index (χ1n) is 8.91. The van der Waals surface area contributed by atoms with Crippen LogP contribution in [0.15, 0.2) is 28.8 Å². The number of carbonyl (C=O) groups is 1. The number of benzene rings is 1. The van der Waals surface area contributed by atoms with E-state index in [1.54, 1.807) is 7.11 Å². The number of piperazine rings is 1. The highest BCUT2D eigenvalue weighted by molar-refractivity contribution is 5.94. The van der Waals surface area contributed by atoms with Crippen molar-refractivity contribution in [3.8, 4) is 5.75 Å². The zero-order chi connectivity index (χ0) is 17.2. The first-order valence-corrected chi connectivity index (χ1v) is 8.91. The molecule has 1 N–H and O–H groups in total. The first kappa shape index (κ1) is 18.7. The summed E-state index contributed by atoms with van der Waals surface area (Å²) in [5.74, 6) is 1.65. The van der Waals surface area contributed by atoms with Gasteiger partial charge < -0.3 is 19.5 Å². The summed E-state index contributed by atoms with van der Waals surface area (Å²) in [7, 11) is 1.66. The molecule has 2 heterocycles. The number of rotatable bonds is 3. The lowest BCUT2D eigenvalue weighted by atomic mass is 9.95. The second-order valence-electron chi connectivity index (χ2n) is 6.60. The molecule has 1 aromatic carbocycles. The summed E-state index contributed by atoms with van der Waals surface area (Å²) < 4.78 is 11.0. The molecule has 6 nitrogen and oxygen atoms in total. The molecule has 0 saturated carbocycles. The van der Waals surface area contributed by atoms with E-state index in [9.17, 15) is 4.79 Å². The van der Waals surface area contributed by atoms with Gasteiger partial charge in [0.05, 0.1) is 13.2 Å². The van der Waals surface area contributed by atoms with Crippen molar-refractivity contribution in [3.63, 3.8) is 0 Å². The summed E-state index contributed by atoms with van der Waals surface area (Å²) in [5, 5.41) is 7.51. The molecule has 140 valence electrons. The Kier molecular flexibility index (Phi) is 5.84. The summed E-state index contributed by atoms with van der Waals surface area (Å²) in [6.45, 7) is 2.12. The number of hydrogen-bond donors (Lipinski definition) is 1. The van der Waals surface area contributed by atoms with E-state index in [0.29, 0.717) is 18.8 Å². The van der Waals surface area contributed by atoms with Gasteiger partial charge in [0.25, 0.3) is 5.91 Å². The Labute approximate surface area is 159 Å². The van der Waals surface area contributed by atoms with Crippen molar-refractivity contribution in [2.75, 3.05) is 26.7 Å². The molecule has 2 aromatic rings. The summed E-state index contributed by atoms with van der Waals surface area (Å²) in [5.41, 5.74) is 2.52. The summed E-state index contributed by atoms with van der Waals surface area (Å²) >= 11 is 0. The SMILES string of the molecule is COc1ccccc1C1CNCCN1C(=O)c1noc2c1CCCC2.Cl. The summed E-state index contributed by atoms with van der Waals surface area (Å²) in [6, 6.07) is 7.80. The van der Waals surface area contributed by atoms with Crippen molar-refractivity contribution in [2.24, 2.45) is 0 Å². The molecule has 1 unspecified atom stereocenters. The van der Waals surface area contributed by atoms with Crippen LogP contribution >= 0.6 is 12.4 Å². The van der Waals surface area contributed by atoms with Crippen molar-refractivity contribution < 1.29 is 14.1 Å². The highest BCUT2D eigenvalue weighted by Crippen LogP contribution is 2.32. The average Bonchev–Trinajstić information content (AvgIpc) is 3.11. The van der Waals surface area contributed by atoms with Crippen LogP contribution in [-0.2, 0) is 12.8 Å². The largest absolute Gasteiger partial charge is 0.496 e. The molecule has 1 atom stereocenters. The van der Waals surface area contributed by atoms with E-state index >= 15 is 0 Å². The van der Waals surface area contributed by atoms with E-state index in [0.717, 1.165) is 54.9 Å². The second kappa shape index (κ2) is 8.10. The highest BCUT2D eigenvalue weighted by Gasteiger charge is 2.34. The number of para-hydroxylation sites is 1. The Morgan fingerprint density at radius 2 is 2.12 bits per heavy atom. The minimum Gasteiger partial charge on any atom is -0.496 e. The zero-order valence-electron chi connectivity index (χ0n) is 14.9. The molecule has 0 bridgehead atoms. The standard InChI is InChI=1S/C19H23N3O3.ClH/c1-24-16-8-4-2-6-13(16)15-12-20-10-11-22(15)19(23)18-14-7-3-5-9-17(14)25-21-18;/h2,4,6,8,15,20H,3,5,7,9-12H2,1H3;1H. The third kappa shape index (κ3) is 3.31. The topological polar surface area (TPSA) is 67.6 Å². The number of carbonyl (C=O) groups excluding carboxylic acids is 1. The van der Waals surface area contributed by atoms with Gasteiger partial charge in [-0.15, -0.1) is 12.4 Å². The Morgan fingerprint density at radius 1 is 1.31 bits per heavy atom. The van der Waals surface area contributed by atoms with Crippen LogP contribution in [0.5, 0.6) is 5.75 Å². The van der Waals surface area contributed by atoms with Gasteiger partial charge in [0.15, 0.2) is 5.69 Å². The number of nitrogens with zero attached hydrogens (tertiary/aromatic N) is 2. The monoisotopic (exact) mass is 377 g/mol. The fourth-order valence-electron chi connectivity index (χ4n) is 3.86. The van der Waals surface area contributed by atoms with Gasteiger partial charge in [-0.25, -0.2) is 0 Å². The van der Waals surface area contributed by atoms with Crippen molar-refractivity contribution in [3.05, 3.63) is 46.8 Å². The maximum atomic E-state index is 13.3. The second-order valence-corrected chi connectivity index (χ2v) is 6.60. The minimum atomic E-state index is -0.0756. The highest BCUT2D eigenvalue weighted by atomic mass is 35.5. The van der Waals surface area contributed by atoms with Crippen LogP contribution in [0.3, 0.4) is 0 Å². The summed E-state index contributed by atoms with van der Waals surface area (Å²) in [4.78, 5) is 15.2. The van der Waals surface area contributed by atoms with Gasteiger partial charge in [0.2, 0.25) is 0 Å². The maximum absolute atomic E-state index is 13.3. The number of amides is 1. The van der Waals surface area contributed by atoms with Gasteiger partial charge in [0, 0.05) is 37.2 Å². The maximum Gasteiger partial charge on any atom is 0.276 e. The van der Waals surface area contributed by atoms with Crippen LogP contribution in [0.4, 0.5) is 0 Å². The predicted molar refractivity (Wildman–Crippen MR) is 100 cm³/mol. The lowest BCUT2D eigenvalue weighted by molar-refractivity contribution is 0.0620. The molecule has 26 heavy (non-hydrogen) atoms. The fourth-order valence-corrected chi connectivity index (χ4v) is 3.86. The van der Waals surface area contributed by atoms with Crippen LogP contribution in [0.2, 0.25) is 0 Å². The number of nitrogens with one attached hydrogen (secondary N) is 1. The number of aryl methyl sites for hydroxylation is 1. The van der Waals surface area contributed by atoms with Crippen molar-refractivity contribution in [1.29, 1.82) is 0 Å². The molecule has 0 spiro atoms. The number of aromatic nitrogens is 1. The molecule has 1 fully saturated rings. The van der Waals surface area contributed by atoms with E-state index in [-0.39, 0.29) is 24.4 Å². The van der Waals surface area contributed by atoms with Crippen molar-refractivity contribution >= 4 is 18.3 Å². The van der Waals surface area contributed by atoms with E-state index < -0.39 is 0 Å². The minimum absolute atomic E-state index is 0. The molecule has 1 aromatic heterocycles. The Bertz CT molecular complexity index is 777. The van der Waals surface area contributed by atoms with E-state index in [4.69, 9.17) is 9.26 Å². The van der Waals surface area contributed by atoms with E-state index in [2.05, 4.69) is 10.5 Å². The van der Waals surface area contributed by atoms with Crippen molar-refractivity contribution in [2.45, 2.75) is 31.7 Å². The lowest BCUT2D eigenvalue weighted by Gasteiger charge is -2.36. The number of hydrogen-bond acceptors (Lipinski definition) is 5. The van der Waals surface area contributed by atoms with E-state index in [1.807, 2.05) is 29.2 Å². The van der Waals surface area contributed by atoms with Crippen LogP contribution in [0.1, 0.15) is 46.3 Å². The molecule has 1 aliphatic heterocycles. The number of fused-ring (bicyclic) bond motifs is 1. The van der Waals surface area contributed by atoms with Gasteiger partial charge in [0.1, 0.15) is 11.5 Å². The van der Waals surface area contributed by atoms with Crippen LogP contribution in [0.25, 0.3) is 0 Å². The Morgan fingerprint density at radius 3 is 2.96 bits per heavy atom. The molecule has 7 heteroatoms. The fraction of sp³-hybridized carbons (Fsp3) is 0.474. The van der Waals surface area contributed by atoms with Crippen LogP contribution in [0, 0.1) is 0 Å². The quantitative estimate of drug-likeness (QED) is 0.890. The third-order valence-corrected chi connectivity index (χ3v) is 5.15. The van der Waals surface area contributed by atoms with Gasteiger partial charge in [-0.2, -0.15) is 0 Å². The van der Waals surface area contributed by atoms with Gasteiger partial charge >= 0.3 is 0 Å². The zero-order valence-corrected chi connectivity index (χ0v) is 15.7. The summed E-state index contributed by atoms with van der Waals surface area (Å²) in [6.07, 6.45) is 3.96. The molecular weight excluding hydrogens is 354 g/mol. The Hall–Kier alpha value is -2.05. The number of halogens is 1. The first-order chi connectivity index (χ1) is 12.3. The van der Waals surface area contributed by atoms with Crippen LogP contribution < -0.4 is 10.1 Å². The molecule has 4 rings (SSSR count). The predicted octanol–water partition coefficient (Wildman–Crippen LogP) is 2.77. The van der Waals surface area contributed by atoms with Gasteiger partial charge in [-0.3, -0.25) is 4.79 Å². The van der Waals surface area contributed by atoms with E-state index in [1.165, 1.54) is 0 Å². The van der Waals surface area contributed by atoms with Crippen LogP contribution in [-0.4, -0.2) is 42.7 Å². The molecule has 2 aliphatic rings. The molecule has 0 radical (unpaired) electrons. The van der Waals surface area contributed by atoms with Gasteiger partial charge in [-0.1, -0.05) is 23.4 Å². The van der Waals surface area contributed by atoms with Gasteiger partial charge in [-0.05, 0) is 25.3 Å². The molecular formula is C19H24ClN3O3. The average molecular weight is 378 g/mol. The number of ether oxygens (including phenoxy) is 1. The Balaban J connectivity index is 0.00000196. The third-order valence-electron chi connectivity index (χ3n) is 5.15. The molecule has 1 amide bonds. The smallest absolute Gasteiger partial charge is 0.276 e. The molecule has 1 aliphatic carbocycles. The number of methoxy groups -OCH3 is 1. The molecule has 1 saturated heterocycles.